The summed E-state index contributed by atoms with van der Waals surface area (Å²) in [5.74, 6) is -0.383. The number of rotatable bonds is 5. The number of nitrogens with zero attached hydrogens (tertiary/aromatic N) is 1. The van der Waals surface area contributed by atoms with Crippen molar-refractivity contribution in [3.05, 3.63) is 65.2 Å². The minimum absolute atomic E-state index is 0.103. The Balaban J connectivity index is 1.97. The first-order valence-electron chi connectivity index (χ1n) is 7.50. The van der Waals surface area contributed by atoms with Crippen LogP contribution in [0.5, 0.6) is 0 Å². The van der Waals surface area contributed by atoms with Crippen molar-refractivity contribution >= 4 is 23.9 Å². The summed E-state index contributed by atoms with van der Waals surface area (Å²) in [6.45, 7) is 3.68. The first-order valence-corrected chi connectivity index (χ1v) is 8.38. The molecule has 0 heterocycles. The van der Waals surface area contributed by atoms with Crippen molar-refractivity contribution in [3.8, 4) is 0 Å². The minimum atomic E-state index is -4.47. The average Bonchev–Trinajstić information content (AvgIpc) is 2.56. The molecule has 0 fully saturated rings. The van der Waals surface area contributed by atoms with Gasteiger partial charge in [0.05, 0.1) is 17.0 Å². The third kappa shape index (κ3) is 5.63. The lowest BCUT2D eigenvalue weighted by atomic mass is 10.1. The summed E-state index contributed by atoms with van der Waals surface area (Å²) < 4.78 is 38.6. The third-order valence-electron chi connectivity index (χ3n) is 3.35. The van der Waals surface area contributed by atoms with E-state index in [-0.39, 0.29) is 11.5 Å². The van der Waals surface area contributed by atoms with E-state index in [0.29, 0.717) is 0 Å². The van der Waals surface area contributed by atoms with Crippen LogP contribution in [-0.2, 0) is 11.0 Å². The van der Waals surface area contributed by atoms with Crippen molar-refractivity contribution in [3.63, 3.8) is 0 Å². The van der Waals surface area contributed by atoms with E-state index in [9.17, 15) is 18.0 Å². The Bertz CT molecular complexity index is 758. The SMILES string of the molecule is Cc1ccc(S[C@H](C)C(=O)N/N=C\c2ccccc2C(F)(F)F)cc1. The monoisotopic (exact) mass is 366 g/mol. The fraction of sp³-hybridized carbons (Fsp3) is 0.222. The van der Waals surface area contributed by atoms with E-state index in [0.717, 1.165) is 22.7 Å². The number of amides is 1. The predicted molar refractivity (Wildman–Crippen MR) is 93.7 cm³/mol. The van der Waals surface area contributed by atoms with Crippen molar-refractivity contribution in [1.82, 2.24) is 5.43 Å². The van der Waals surface area contributed by atoms with Gasteiger partial charge < -0.3 is 0 Å². The maximum absolute atomic E-state index is 12.9. The normalized spacial score (nSPS) is 13.0. The highest BCUT2D eigenvalue weighted by Gasteiger charge is 2.32. The lowest BCUT2D eigenvalue weighted by Crippen LogP contribution is -2.26. The molecule has 1 atom stereocenters. The zero-order valence-electron chi connectivity index (χ0n) is 13.7. The van der Waals surface area contributed by atoms with Gasteiger partial charge in [0.25, 0.3) is 5.91 Å². The maximum Gasteiger partial charge on any atom is 0.417 e. The highest BCUT2D eigenvalue weighted by Crippen LogP contribution is 2.31. The van der Waals surface area contributed by atoms with Gasteiger partial charge in [0.1, 0.15) is 0 Å². The van der Waals surface area contributed by atoms with E-state index in [2.05, 4.69) is 10.5 Å². The first-order chi connectivity index (χ1) is 11.8. The molecule has 2 rings (SSSR count). The second kappa shape index (κ2) is 8.20. The van der Waals surface area contributed by atoms with Crippen LogP contribution in [0.4, 0.5) is 13.2 Å². The summed E-state index contributed by atoms with van der Waals surface area (Å²) >= 11 is 1.35. The average molecular weight is 366 g/mol. The van der Waals surface area contributed by atoms with Crippen LogP contribution < -0.4 is 5.43 Å². The highest BCUT2D eigenvalue weighted by atomic mass is 32.2. The van der Waals surface area contributed by atoms with E-state index in [1.54, 1.807) is 6.92 Å². The minimum Gasteiger partial charge on any atom is -0.272 e. The second-order valence-electron chi connectivity index (χ2n) is 5.39. The molecule has 0 aliphatic heterocycles. The van der Waals surface area contributed by atoms with Gasteiger partial charge in [0.2, 0.25) is 0 Å². The molecular weight excluding hydrogens is 349 g/mol. The predicted octanol–water partition coefficient (Wildman–Crippen LogP) is 4.64. The molecule has 2 aromatic carbocycles. The molecule has 0 bridgehead atoms. The number of hydrogen-bond acceptors (Lipinski definition) is 3. The Morgan fingerprint density at radius 2 is 1.80 bits per heavy atom. The fourth-order valence-electron chi connectivity index (χ4n) is 2.00. The van der Waals surface area contributed by atoms with E-state index in [1.165, 1.54) is 30.0 Å². The molecule has 0 saturated heterocycles. The summed E-state index contributed by atoms with van der Waals surface area (Å²) in [5, 5.41) is 3.22. The van der Waals surface area contributed by atoms with Crippen LogP contribution in [-0.4, -0.2) is 17.4 Å². The van der Waals surface area contributed by atoms with Gasteiger partial charge in [-0.3, -0.25) is 4.79 Å². The first kappa shape index (κ1) is 19.1. The number of nitrogens with one attached hydrogen (secondary N) is 1. The molecule has 7 heteroatoms. The van der Waals surface area contributed by atoms with E-state index >= 15 is 0 Å². The van der Waals surface area contributed by atoms with Crippen molar-refractivity contribution < 1.29 is 18.0 Å². The number of carbonyl (C=O) groups excluding carboxylic acids is 1. The lowest BCUT2D eigenvalue weighted by Gasteiger charge is -2.10. The van der Waals surface area contributed by atoms with Gasteiger partial charge in [-0.15, -0.1) is 11.8 Å². The Morgan fingerprint density at radius 3 is 2.44 bits per heavy atom. The summed E-state index contributed by atoms with van der Waals surface area (Å²) in [6, 6.07) is 12.8. The van der Waals surface area contributed by atoms with Gasteiger partial charge in [0.15, 0.2) is 0 Å². The summed E-state index contributed by atoms with van der Waals surface area (Å²) in [6.07, 6.45) is -3.47. The quantitative estimate of drug-likeness (QED) is 0.476. The lowest BCUT2D eigenvalue weighted by molar-refractivity contribution is -0.137. The summed E-state index contributed by atoms with van der Waals surface area (Å²) in [5.41, 5.74) is 2.50. The van der Waals surface area contributed by atoms with Crippen LogP contribution in [0.15, 0.2) is 58.5 Å². The molecule has 25 heavy (non-hydrogen) atoms. The Labute approximate surface area is 148 Å². The number of aryl methyl sites for hydroxylation is 1. The highest BCUT2D eigenvalue weighted by molar-refractivity contribution is 8.00. The summed E-state index contributed by atoms with van der Waals surface area (Å²) in [7, 11) is 0. The van der Waals surface area contributed by atoms with Crippen LogP contribution in [0.2, 0.25) is 0 Å². The van der Waals surface area contributed by atoms with Crippen molar-refractivity contribution in [2.45, 2.75) is 30.2 Å². The van der Waals surface area contributed by atoms with Crippen molar-refractivity contribution in [2.24, 2.45) is 5.10 Å². The van der Waals surface area contributed by atoms with Crippen LogP contribution in [0, 0.1) is 6.92 Å². The number of thioether (sulfide) groups is 1. The van der Waals surface area contributed by atoms with E-state index in [1.807, 2.05) is 31.2 Å². The van der Waals surface area contributed by atoms with Crippen LogP contribution in [0.1, 0.15) is 23.6 Å². The molecule has 3 nitrogen and oxygen atoms in total. The Kier molecular flexibility index (Phi) is 6.25. The molecule has 0 aliphatic rings. The van der Waals surface area contributed by atoms with Crippen molar-refractivity contribution in [2.75, 3.05) is 0 Å². The number of hydrogen-bond donors (Lipinski definition) is 1. The molecule has 1 N–H and O–H groups in total. The molecule has 0 aromatic heterocycles. The van der Waals surface area contributed by atoms with Crippen LogP contribution in [0.25, 0.3) is 0 Å². The molecule has 1 amide bonds. The second-order valence-corrected chi connectivity index (χ2v) is 6.81. The zero-order chi connectivity index (χ0) is 18.4. The number of benzene rings is 2. The number of carbonyl (C=O) groups is 1. The molecule has 0 aliphatic carbocycles. The molecule has 0 unspecified atom stereocenters. The van der Waals surface area contributed by atoms with Gasteiger partial charge in [-0.2, -0.15) is 18.3 Å². The smallest absolute Gasteiger partial charge is 0.272 e. The van der Waals surface area contributed by atoms with Crippen LogP contribution >= 0.6 is 11.8 Å². The number of hydrazone groups is 1. The van der Waals surface area contributed by atoms with E-state index < -0.39 is 17.0 Å². The summed E-state index contributed by atoms with van der Waals surface area (Å²) in [4.78, 5) is 12.9. The fourth-order valence-corrected chi connectivity index (χ4v) is 2.86. The van der Waals surface area contributed by atoms with Gasteiger partial charge in [0, 0.05) is 10.5 Å². The molecular formula is C18H17F3N2OS. The molecule has 2 aromatic rings. The Hall–Kier alpha value is -2.28. The topological polar surface area (TPSA) is 41.5 Å². The van der Waals surface area contributed by atoms with Gasteiger partial charge in [-0.25, -0.2) is 5.43 Å². The molecule has 0 spiro atoms. The van der Waals surface area contributed by atoms with Gasteiger partial charge in [-0.1, -0.05) is 35.9 Å². The van der Waals surface area contributed by atoms with Crippen molar-refractivity contribution in [1.29, 1.82) is 0 Å². The number of alkyl halides is 3. The van der Waals surface area contributed by atoms with E-state index in [4.69, 9.17) is 0 Å². The van der Waals surface area contributed by atoms with Gasteiger partial charge >= 0.3 is 6.18 Å². The number of halogens is 3. The van der Waals surface area contributed by atoms with Gasteiger partial charge in [-0.05, 0) is 32.0 Å². The molecule has 132 valence electrons. The molecule has 0 saturated carbocycles. The van der Waals surface area contributed by atoms with Crippen LogP contribution in [0.3, 0.4) is 0 Å². The standard InChI is InChI=1S/C18H17F3N2OS/c1-12-7-9-15(10-8-12)25-13(2)17(24)23-22-11-14-5-3-4-6-16(14)18(19,20)21/h3-11,13H,1-2H3,(H,23,24)/b22-11-/t13-/m1/s1. The Morgan fingerprint density at radius 1 is 1.16 bits per heavy atom. The third-order valence-corrected chi connectivity index (χ3v) is 4.46. The largest absolute Gasteiger partial charge is 0.417 e. The zero-order valence-corrected chi connectivity index (χ0v) is 14.5. The maximum atomic E-state index is 12.9. The molecule has 0 radical (unpaired) electrons.